The van der Waals surface area contributed by atoms with Gasteiger partial charge in [0.05, 0.1) is 12.1 Å². The lowest BCUT2D eigenvalue weighted by atomic mass is 9.98. The zero-order chi connectivity index (χ0) is 13.0. The summed E-state index contributed by atoms with van der Waals surface area (Å²) in [6.45, 7) is 3.11. The van der Waals surface area contributed by atoms with Crippen LogP contribution in [0.1, 0.15) is 37.9 Å². The summed E-state index contributed by atoms with van der Waals surface area (Å²) in [4.78, 5) is 13.7. The molecule has 1 aromatic rings. The maximum Gasteiger partial charge on any atom is 0.146 e. The van der Waals surface area contributed by atoms with E-state index in [9.17, 15) is 9.90 Å². The average Bonchev–Trinajstić information content (AvgIpc) is 2.40. The van der Waals surface area contributed by atoms with Gasteiger partial charge in [0, 0.05) is 6.54 Å². The van der Waals surface area contributed by atoms with Crippen LogP contribution in [0.25, 0.3) is 0 Å². The molecule has 0 bridgehead atoms. The highest BCUT2D eigenvalue weighted by Gasteiger charge is 2.27. The molecule has 1 aliphatic heterocycles. The van der Waals surface area contributed by atoms with Crippen molar-refractivity contribution < 1.29 is 9.90 Å². The molecule has 0 amide bonds. The standard InChI is InChI=1S/C15H21NO2/c1-12(17)14-9-5-6-10-16(14)11-15(18)13-7-3-2-4-8-13/h2-4,7-8,14-15,18H,5-6,9-11H2,1H3. The molecule has 1 saturated heterocycles. The molecule has 0 aromatic heterocycles. The Labute approximate surface area is 108 Å². The van der Waals surface area contributed by atoms with Crippen LogP contribution in [-0.4, -0.2) is 34.9 Å². The monoisotopic (exact) mass is 247 g/mol. The smallest absolute Gasteiger partial charge is 0.146 e. The van der Waals surface area contributed by atoms with Gasteiger partial charge in [-0.1, -0.05) is 36.8 Å². The molecule has 0 saturated carbocycles. The Hall–Kier alpha value is -1.19. The van der Waals surface area contributed by atoms with Crippen molar-refractivity contribution in [2.24, 2.45) is 0 Å². The zero-order valence-corrected chi connectivity index (χ0v) is 10.9. The number of carbonyl (C=O) groups is 1. The molecule has 2 rings (SSSR count). The van der Waals surface area contributed by atoms with Gasteiger partial charge in [0.1, 0.15) is 5.78 Å². The quantitative estimate of drug-likeness (QED) is 0.886. The number of Topliss-reactive ketones (excluding diaryl/α,β-unsaturated/α-hetero) is 1. The van der Waals surface area contributed by atoms with Gasteiger partial charge in [0.2, 0.25) is 0 Å². The molecule has 2 atom stereocenters. The largest absolute Gasteiger partial charge is 0.387 e. The van der Waals surface area contributed by atoms with Gasteiger partial charge in [0.25, 0.3) is 0 Å². The van der Waals surface area contributed by atoms with E-state index in [1.165, 1.54) is 0 Å². The lowest BCUT2D eigenvalue weighted by molar-refractivity contribution is -0.123. The number of nitrogens with zero attached hydrogens (tertiary/aromatic N) is 1. The number of likely N-dealkylation sites (tertiary alicyclic amines) is 1. The van der Waals surface area contributed by atoms with Crippen LogP contribution in [0.2, 0.25) is 0 Å². The third-order valence-corrected chi connectivity index (χ3v) is 3.67. The first kappa shape index (κ1) is 13.2. The van der Waals surface area contributed by atoms with Gasteiger partial charge in [-0.2, -0.15) is 0 Å². The molecule has 0 aliphatic carbocycles. The first-order chi connectivity index (χ1) is 8.68. The first-order valence-electron chi connectivity index (χ1n) is 6.66. The molecule has 0 radical (unpaired) electrons. The van der Waals surface area contributed by atoms with Crippen molar-refractivity contribution in [3.63, 3.8) is 0 Å². The highest BCUT2D eigenvalue weighted by molar-refractivity contribution is 5.81. The fourth-order valence-corrected chi connectivity index (χ4v) is 2.67. The predicted molar refractivity (Wildman–Crippen MR) is 71.3 cm³/mol. The molecule has 1 N–H and O–H groups in total. The van der Waals surface area contributed by atoms with Crippen LogP contribution >= 0.6 is 0 Å². The van der Waals surface area contributed by atoms with E-state index in [1.807, 2.05) is 30.3 Å². The molecular formula is C15H21NO2. The van der Waals surface area contributed by atoms with E-state index in [0.717, 1.165) is 31.4 Å². The normalized spacial score (nSPS) is 22.7. The molecule has 18 heavy (non-hydrogen) atoms. The lowest BCUT2D eigenvalue weighted by Crippen LogP contribution is -2.45. The second-order valence-electron chi connectivity index (χ2n) is 5.04. The SMILES string of the molecule is CC(=O)C1CCCCN1CC(O)c1ccccc1. The summed E-state index contributed by atoms with van der Waals surface area (Å²) in [5.41, 5.74) is 0.922. The van der Waals surface area contributed by atoms with Crippen molar-refractivity contribution in [3.8, 4) is 0 Å². The minimum atomic E-state index is -0.508. The highest BCUT2D eigenvalue weighted by Crippen LogP contribution is 2.22. The van der Waals surface area contributed by atoms with E-state index in [-0.39, 0.29) is 11.8 Å². The van der Waals surface area contributed by atoms with Crippen molar-refractivity contribution in [1.82, 2.24) is 4.90 Å². The van der Waals surface area contributed by atoms with Gasteiger partial charge in [-0.3, -0.25) is 9.69 Å². The molecule has 2 unspecified atom stereocenters. The second-order valence-corrected chi connectivity index (χ2v) is 5.04. The summed E-state index contributed by atoms with van der Waals surface area (Å²) in [7, 11) is 0. The number of hydrogen-bond acceptors (Lipinski definition) is 3. The van der Waals surface area contributed by atoms with Gasteiger partial charge < -0.3 is 5.11 Å². The van der Waals surface area contributed by atoms with Crippen LogP contribution in [0.3, 0.4) is 0 Å². The number of rotatable bonds is 4. The van der Waals surface area contributed by atoms with Gasteiger partial charge in [-0.15, -0.1) is 0 Å². The lowest BCUT2D eigenvalue weighted by Gasteiger charge is -2.35. The molecule has 1 aliphatic rings. The van der Waals surface area contributed by atoms with Crippen molar-refractivity contribution in [3.05, 3.63) is 35.9 Å². The van der Waals surface area contributed by atoms with Crippen LogP contribution in [0.4, 0.5) is 0 Å². The summed E-state index contributed by atoms with van der Waals surface area (Å²) in [6.07, 6.45) is 2.65. The maximum absolute atomic E-state index is 11.6. The number of piperidine rings is 1. The van der Waals surface area contributed by atoms with Crippen molar-refractivity contribution in [2.45, 2.75) is 38.3 Å². The number of aliphatic hydroxyl groups excluding tert-OH is 1. The number of β-amino-alcohol motifs (C(OH)–C–C–N with tert-alkyl or cyclic N) is 1. The summed E-state index contributed by atoms with van der Waals surface area (Å²) in [5.74, 6) is 0.218. The van der Waals surface area contributed by atoms with Gasteiger partial charge in [0.15, 0.2) is 0 Å². The minimum Gasteiger partial charge on any atom is -0.387 e. The van der Waals surface area contributed by atoms with Crippen molar-refractivity contribution >= 4 is 5.78 Å². The second kappa shape index (κ2) is 6.12. The molecule has 3 nitrogen and oxygen atoms in total. The van der Waals surface area contributed by atoms with E-state index in [4.69, 9.17) is 0 Å². The average molecular weight is 247 g/mol. The molecule has 1 aromatic carbocycles. The number of ketones is 1. The van der Waals surface area contributed by atoms with E-state index in [1.54, 1.807) is 6.92 Å². The number of hydrogen-bond donors (Lipinski definition) is 1. The fourth-order valence-electron chi connectivity index (χ4n) is 2.67. The molecule has 3 heteroatoms. The van der Waals surface area contributed by atoms with Crippen molar-refractivity contribution in [2.75, 3.05) is 13.1 Å². The van der Waals surface area contributed by atoms with Gasteiger partial charge in [-0.25, -0.2) is 0 Å². The van der Waals surface area contributed by atoms with E-state index in [0.29, 0.717) is 6.54 Å². The van der Waals surface area contributed by atoms with Gasteiger partial charge in [-0.05, 0) is 31.9 Å². The van der Waals surface area contributed by atoms with Crippen molar-refractivity contribution in [1.29, 1.82) is 0 Å². The Balaban J connectivity index is 2.01. The fraction of sp³-hybridized carbons (Fsp3) is 0.533. The van der Waals surface area contributed by atoms with Crippen LogP contribution in [0, 0.1) is 0 Å². The third-order valence-electron chi connectivity index (χ3n) is 3.67. The molecule has 1 fully saturated rings. The maximum atomic E-state index is 11.6. The molecular weight excluding hydrogens is 226 g/mol. The Morgan fingerprint density at radius 2 is 2.11 bits per heavy atom. The Morgan fingerprint density at radius 1 is 1.39 bits per heavy atom. The number of benzene rings is 1. The van der Waals surface area contributed by atoms with Gasteiger partial charge >= 0.3 is 0 Å². The Morgan fingerprint density at radius 3 is 2.78 bits per heavy atom. The number of carbonyl (C=O) groups excluding carboxylic acids is 1. The first-order valence-corrected chi connectivity index (χ1v) is 6.66. The number of aliphatic hydroxyl groups is 1. The molecule has 1 heterocycles. The van der Waals surface area contributed by atoms with E-state index in [2.05, 4.69) is 4.90 Å². The van der Waals surface area contributed by atoms with E-state index >= 15 is 0 Å². The van der Waals surface area contributed by atoms with E-state index < -0.39 is 6.10 Å². The summed E-state index contributed by atoms with van der Waals surface area (Å²) in [6, 6.07) is 9.65. The highest BCUT2D eigenvalue weighted by atomic mass is 16.3. The Bertz CT molecular complexity index is 391. The zero-order valence-electron chi connectivity index (χ0n) is 10.9. The summed E-state index contributed by atoms with van der Waals surface area (Å²) in [5, 5.41) is 10.2. The third kappa shape index (κ3) is 3.18. The molecule has 0 spiro atoms. The van der Waals surface area contributed by atoms with Crippen LogP contribution in [0.5, 0.6) is 0 Å². The topological polar surface area (TPSA) is 40.5 Å². The van der Waals surface area contributed by atoms with Crippen LogP contribution in [-0.2, 0) is 4.79 Å². The Kier molecular flexibility index (Phi) is 4.50. The van der Waals surface area contributed by atoms with Crippen LogP contribution in [0.15, 0.2) is 30.3 Å². The predicted octanol–water partition coefficient (Wildman–Crippen LogP) is 2.16. The van der Waals surface area contributed by atoms with Crippen LogP contribution < -0.4 is 0 Å². The minimum absolute atomic E-state index is 0.00267. The summed E-state index contributed by atoms with van der Waals surface area (Å²) >= 11 is 0. The summed E-state index contributed by atoms with van der Waals surface area (Å²) < 4.78 is 0. The molecule has 98 valence electrons.